The summed E-state index contributed by atoms with van der Waals surface area (Å²) in [5.74, 6) is 10.5. The molecule has 0 unspecified atom stereocenters. The minimum absolute atomic E-state index is 0.226. The van der Waals surface area contributed by atoms with Crippen LogP contribution in [-0.4, -0.2) is 103 Å². The largest absolute Gasteiger partial charge is 0.488 e. The first-order valence-corrected chi connectivity index (χ1v) is 26.8. The van der Waals surface area contributed by atoms with Gasteiger partial charge in [0.2, 0.25) is 11.9 Å². The number of piperidine rings is 2. The van der Waals surface area contributed by atoms with Gasteiger partial charge in [-0.1, -0.05) is 23.3 Å². The predicted octanol–water partition coefficient (Wildman–Crippen LogP) is 7.17. The van der Waals surface area contributed by atoms with Gasteiger partial charge in [0.05, 0.1) is 31.6 Å². The van der Waals surface area contributed by atoms with Crippen LogP contribution in [0.4, 0.5) is 38.2 Å². The Hall–Kier alpha value is -5.55. The molecule has 2 saturated carbocycles. The highest BCUT2D eigenvalue weighted by molar-refractivity contribution is 9.10. The maximum absolute atomic E-state index is 13.2. The van der Waals surface area contributed by atoms with Crippen molar-refractivity contribution in [2.45, 2.75) is 128 Å². The summed E-state index contributed by atoms with van der Waals surface area (Å²) in [7, 11) is -2.92. The average Bonchev–Trinajstić information content (AvgIpc) is 4.23. The number of rotatable bonds is 6. The van der Waals surface area contributed by atoms with Crippen LogP contribution in [0.15, 0.2) is 76.4 Å². The van der Waals surface area contributed by atoms with Crippen LogP contribution in [0.5, 0.6) is 0 Å². The van der Waals surface area contributed by atoms with Crippen LogP contribution in [-0.2, 0) is 23.3 Å². The van der Waals surface area contributed by atoms with E-state index in [1.807, 2.05) is 57.6 Å². The highest BCUT2D eigenvalue weighted by Crippen LogP contribution is 2.48. The van der Waals surface area contributed by atoms with E-state index in [0.29, 0.717) is 34.6 Å². The number of pyridine rings is 2. The molecule has 0 radical (unpaired) electrons. The molecule has 3 atom stereocenters. The Bertz CT molecular complexity index is 2990. The molecule has 2 aliphatic heterocycles. The fourth-order valence-electron chi connectivity index (χ4n) is 10.7. The van der Waals surface area contributed by atoms with Crippen molar-refractivity contribution in [1.82, 2.24) is 43.4 Å². The molecule has 8 heterocycles. The Balaban J connectivity index is 0.000000171. The van der Waals surface area contributed by atoms with Gasteiger partial charge >= 0.3 is 19.5 Å². The third-order valence-corrected chi connectivity index (χ3v) is 17.4. The smallest absolute Gasteiger partial charge is 0.423 e. The number of anilines is 2. The van der Waals surface area contributed by atoms with E-state index in [0.717, 1.165) is 111 Å². The summed E-state index contributed by atoms with van der Waals surface area (Å²) in [6.45, 7) is 13.6. The van der Waals surface area contributed by atoms with Gasteiger partial charge in [-0.3, -0.25) is 18.8 Å². The van der Waals surface area contributed by atoms with E-state index < -0.39 is 41.8 Å². The fourth-order valence-corrected chi connectivity index (χ4v) is 12.1. The number of nitrogens with one attached hydrogen (secondary N) is 1. The number of hydrogen-bond donors (Lipinski definition) is 6. The van der Waals surface area contributed by atoms with Crippen molar-refractivity contribution in [2.75, 3.05) is 36.0 Å². The molecule has 6 aromatic heterocycles. The van der Waals surface area contributed by atoms with Crippen LogP contribution in [0.2, 0.25) is 0 Å². The summed E-state index contributed by atoms with van der Waals surface area (Å²) in [5, 5.41) is 22.4. The summed E-state index contributed by atoms with van der Waals surface area (Å²) >= 11 is 3.61. The summed E-state index contributed by atoms with van der Waals surface area (Å²) in [6, 6.07) is 4.94. The van der Waals surface area contributed by atoms with Crippen LogP contribution >= 0.6 is 15.9 Å². The fraction of sp³-hybridized carbons (Fsp3) is 0.542. The normalized spacial score (nSPS) is 19.8. The highest BCUT2D eigenvalue weighted by atomic mass is 79.9. The molecular formula is C48H64BBrF6N16O3S. The summed E-state index contributed by atoms with van der Waals surface area (Å²) in [5.41, 5.74) is 8.75. The number of aryl methyl sites for hydroxylation is 2. The SMILES string of the molecule is Cc1nc(N2CCC3(CCC[C@H]3N)CC2)n2ccnc2c1-c1ccnc(C(F)(F)F)c1.Cc1nc(N2CCC3(CCC[C@H]3N[S@](=O)C(C)(C)C)CC2)n2ccnc2c1Br.N/N=N/N.OB(O)c1ccnc(C(F)(F)F)c1. The van der Waals surface area contributed by atoms with Crippen molar-refractivity contribution < 1.29 is 40.6 Å². The van der Waals surface area contributed by atoms with E-state index in [4.69, 9.17) is 25.7 Å². The number of alkyl halides is 6. The molecular weight excluding hydrogens is 1090 g/mol. The predicted molar refractivity (Wildman–Crippen MR) is 282 cm³/mol. The molecule has 76 heavy (non-hydrogen) atoms. The quantitative estimate of drug-likeness (QED) is 0.0318. The number of fused-ring (bicyclic) bond motifs is 2. The maximum Gasteiger partial charge on any atom is 0.488 e. The zero-order valence-electron chi connectivity index (χ0n) is 42.9. The van der Waals surface area contributed by atoms with E-state index in [2.05, 4.69) is 76.9 Å². The highest BCUT2D eigenvalue weighted by Gasteiger charge is 2.47. The molecule has 6 aromatic rings. The first-order valence-electron chi connectivity index (χ1n) is 24.8. The van der Waals surface area contributed by atoms with E-state index in [9.17, 15) is 30.6 Å². The van der Waals surface area contributed by atoms with Crippen LogP contribution in [0.1, 0.15) is 108 Å². The summed E-state index contributed by atoms with van der Waals surface area (Å²) in [4.78, 5) is 29.8. The maximum atomic E-state index is 13.2. The van der Waals surface area contributed by atoms with Crippen molar-refractivity contribution in [1.29, 1.82) is 0 Å². The molecule has 4 fully saturated rings. The van der Waals surface area contributed by atoms with Gasteiger partial charge in [-0.2, -0.15) is 26.3 Å². The molecule has 2 aliphatic carbocycles. The van der Waals surface area contributed by atoms with Crippen LogP contribution < -0.4 is 37.4 Å². The van der Waals surface area contributed by atoms with E-state index in [1.165, 1.54) is 31.9 Å². The Labute approximate surface area is 447 Å². The summed E-state index contributed by atoms with van der Waals surface area (Å²) < 4.78 is 96.4. The summed E-state index contributed by atoms with van der Waals surface area (Å²) in [6.07, 6.45) is 11.6. The number of nitrogens with zero attached hydrogens (tertiary/aromatic N) is 12. The van der Waals surface area contributed by atoms with Gasteiger partial charge in [0.15, 0.2) is 5.65 Å². The Morgan fingerprint density at radius 3 is 1.75 bits per heavy atom. The van der Waals surface area contributed by atoms with Crippen LogP contribution in [0, 0.1) is 24.7 Å². The lowest BCUT2D eigenvalue weighted by atomic mass is 9.74. The second-order valence-corrected chi connectivity index (χ2v) is 23.4. The molecule has 10 rings (SSSR count). The van der Waals surface area contributed by atoms with Gasteiger partial charge in [-0.05, 0) is 148 Å². The van der Waals surface area contributed by atoms with Gasteiger partial charge in [0.25, 0.3) is 0 Å². The first kappa shape index (κ1) is 58.1. The average molecular weight is 1150 g/mol. The topological polar surface area (TPSA) is 265 Å². The molecule has 0 amide bonds. The van der Waals surface area contributed by atoms with E-state index >= 15 is 0 Å². The standard InChI is InChI=1S/C22H25F3N6.C20H30BrN5OS.C6H5BF3NO2.H4N4/c1-14-18(15-4-8-27-17(13-15)22(23,24)25)19-28-9-12-31(19)20(29-14)30-10-6-21(7-11-30)5-2-3-16(21)26;1-14-16(21)17-22-10-13-26(17)18(23-14)25-11-8-20(9-12-25)7-5-6-15(20)24-28(27)19(2,3)4;8-6(9,10)5-3-4(7(12)13)1-2-11-5;1-3-4-2/h4,8-9,12-13,16H,2-3,5-7,10-11,26H2,1H3;10,13,15,24H,5-9,11-12H2,1-4H3;1-3,12-13H;(H2,1,4)(H2,2,3)/t16-;15-,28-;;/m11../s1. The minimum atomic E-state index is -4.56. The minimum Gasteiger partial charge on any atom is -0.423 e. The Morgan fingerprint density at radius 2 is 1.22 bits per heavy atom. The van der Waals surface area contributed by atoms with Gasteiger partial charge in [0.1, 0.15) is 17.0 Å². The van der Waals surface area contributed by atoms with Gasteiger partial charge < -0.3 is 37.3 Å². The lowest BCUT2D eigenvalue weighted by Crippen LogP contribution is -2.51. The second-order valence-electron chi connectivity index (χ2n) is 20.6. The number of hydrogen-bond acceptors (Lipinski definition) is 14. The molecule has 9 N–H and O–H groups in total. The monoisotopic (exact) mass is 1150 g/mol. The van der Waals surface area contributed by atoms with Crippen molar-refractivity contribution >= 4 is 62.7 Å². The van der Waals surface area contributed by atoms with Crippen molar-refractivity contribution in [2.24, 2.45) is 38.7 Å². The number of aromatic nitrogens is 8. The molecule has 0 bridgehead atoms. The second kappa shape index (κ2) is 23.6. The molecule has 2 saturated heterocycles. The number of halogens is 7. The molecule has 412 valence electrons. The molecule has 0 aromatic carbocycles. The number of nitrogens with two attached hydrogens (primary N) is 3. The van der Waals surface area contributed by atoms with Gasteiger partial charge in [0, 0.05) is 81.0 Å². The zero-order valence-corrected chi connectivity index (χ0v) is 45.3. The Kier molecular flexibility index (Phi) is 18.0. The lowest BCUT2D eigenvalue weighted by molar-refractivity contribution is -0.141. The third-order valence-electron chi connectivity index (χ3n) is 14.9. The Morgan fingerprint density at radius 1 is 0.724 bits per heavy atom. The first-order chi connectivity index (χ1) is 35.8. The van der Waals surface area contributed by atoms with Crippen molar-refractivity contribution in [3.63, 3.8) is 0 Å². The van der Waals surface area contributed by atoms with E-state index in [-0.39, 0.29) is 27.1 Å². The van der Waals surface area contributed by atoms with Gasteiger partial charge in [-0.25, -0.2) is 28.9 Å². The molecule has 2 spiro atoms. The van der Waals surface area contributed by atoms with E-state index in [1.54, 1.807) is 12.3 Å². The lowest BCUT2D eigenvalue weighted by Gasteiger charge is -2.44. The van der Waals surface area contributed by atoms with Crippen LogP contribution in [0.3, 0.4) is 0 Å². The van der Waals surface area contributed by atoms with Crippen molar-refractivity contribution in [3.05, 3.63) is 88.7 Å². The zero-order chi connectivity index (χ0) is 55.4. The van der Waals surface area contributed by atoms with Crippen molar-refractivity contribution in [3.8, 4) is 11.1 Å². The molecule has 28 heteroatoms. The molecule has 19 nitrogen and oxygen atoms in total. The number of imidazole rings is 2. The molecule has 4 aliphatic rings. The third kappa shape index (κ3) is 12.9. The van der Waals surface area contributed by atoms with Gasteiger partial charge in [-0.15, -0.1) is 0 Å². The van der Waals surface area contributed by atoms with Crippen LogP contribution in [0.25, 0.3) is 22.4 Å².